The highest BCUT2D eigenvalue weighted by atomic mass is 35.5. The van der Waals surface area contributed by atoms with Crippen LogP contribution in [-0.4, -0.2) is 24.7 Å². The van der Waals surface area contributed by atoms with Gasteiger partial charge in [-0.3, -0.25) is 9.59 Å². The summed E-state index contributed by atoms with van der Waals surface area (Å²) in [5.74, 6) is 0.440. The number of benzene rings is 4. The molecule has 4 aromatic carbocycles. The van der Waals surface area contributed by atoms with Gasteiger partial charge in [-0.1, -0.05) is 78.3 Å². The lowest BCUT2D eigenvalue weighted by atomic mass is 9.97. The Balaban J connectivity index is 1.56. The molecule has 0 amide bonds. The Morgan fingerprint density at radius 2 is 1.55 bits per heavy atom. The second-order valence-electron chi connectivity index (χ2n) is 8.89. The first-order chi connectivity index (χ1) is 18.5. The summed E-state index contributed by atoms with van der Waals surface area (Å²) < 4.78 is 10.8. The summed E-state index contributed by atoms with van der Waals surface area (Å²) in [6.07, 6.45) is 0.147. The van der Waals surface area contributed by atoms with E-state index in [1.165, 1.54) is 0 Å². The Bertz CT molecular complexity index is 1690. The van der Waals surface area contributed by atoms with Crippen molar-refractivity contribution in [3.8, 4) is 39.1 Å². The predicted octanol–water partition coefficient (Wildman–Crippen LogP) is 7.30. The fraction of sp³-hybridized carbons (Fsp3) is 0.125. The number of nitrogens with one attached hydrogen (secondary N) is 1. The number of methoxy groups -OCH3 is 1. The Morgan fingerprint density at radius 3 is 2.32 bits per heavy atom. The van der Waals surface area contributed by atoms with Crippen LogP contribution in [0.25, 0.3) is 44.3 Å². The van der Waals surface area contributed by atoms with Gasteiger partial charge >= 0.3 is 5.97 Å². The van der Waals surface area contributed by atoms with Crippen molar-refractivity contribution in [3.63, 3.8) is 0 Å². The minimum absolute atomic E-state index is 0.147. The molecule has 0 saturated carbocycles. The second-order valence-corrected chi connectivity index (χ2v) is 9.30. The first-order valence-electron chi connectivity index (χ1n) is 12.3. The van der Waals surface area contributed by atoms with Crippen LogP contribution in [0, 0.1) is 0 Å². The molecule has 0 fully saturated rings. The summed E-state index contributed by atoms with van der Waals surface area (Å²) in [5, 5.41) is 1.35. The molecular formula is C32H26ClNO4. The van der Waals surface area contributed by atoms with E-state index < -0.39 is 0 Å². The molecule has 0 saturated heterocycles. The number of ether oxygens (including phenoxy) is 2. The average molecular weight is 524 g/mol. The largest absolute Gasteiger partial charge is 0.496 e. The molecule has 0 radical (unpaired) electrons. The van der Waals surface area contributed by atoms with Gasteiger partial charge in [0.05, 0.1) is 25.2 Å². The monoisotopic (exact) mass is 523 g/mol. The Kier molecular flexibility index (Phi) is 7.29. The van der Waals surface area contributed by atoms with Crippen LogP contribution >= 0.6 is 11.6 Å². The lowest BCUT2D eigenvalue weighted by Gasteiger charge is -2.13. The summed E-state index contributed by atoms with van der Waals surface area (Å²) in [5.41, 5.74) is 6.20. The maximum atomic E-state index is 13.0. The number of fused-ring (bicyclic) bond motifs is 1. The number of hydrogen-bond donors (Lipinski definition) is 1. The number of H-pyrrole nitrogens is 1. The number of hydrogen-bond acceptors (Lipinski definition) is 4. The normalized spacial score (nSPS) is 10.9. The zero-order valence-corrected chi connectivity index (χ0v) is 21.8. The molecule has 190 valence electrons. The maximum Gasteiger partial charge on any atom is 0.310 e. The van der Waals surface area contributed by atoms with Gasteiger partial charge in [0.2, 0.25) is 0 Å². The molecule has 5 aromatic rings. The molecule has 0 aliphatic rings. The standard InChI is InChI=1S/C32H26ClNO4/c1-3-38-31(35)15-20-8-7-11-22(14-20)27-17-24-16-26(28(33)19-29(24)34-32(27)36)23-12-13-25(30(18-23)37-2)21-9-5-4-6-10-21/h4-14,16-19H,3,15H2,1-2H3,(H,34,36). The van der Waals surface area contributed by atoms with Crippen molar-refractivity contribution in [2.75, 3.05) is 13.7 Å². The first-order valence-corrected chi connectivity index (χ1v) is 12.7. The summed E-state index contributed by atoms with van der Waals surface area (Å²) >= 11 is 6.69. The van der Waals surface area contributed by atoms with Crippen LogP contribution < -0.4 is 10.3 Å². The van der Waals surface area contributed by atoms with Crippen molar-refractivity contribution in [3.05, 3.63) is 112 Å². The fourth-order valence-corrected chi connectivity index (χ4v) is 4.88. The van der Waals surface area contributed by atoms with Gasteiger partial charge in [0.15, 0.2) is 0 Å². The van der Waals surface area contributed by atoms with Gasteiger partial charge in [-0.25, -0.2) is 0 Å². The third kappa shape index (κ3) is 5.20. The minimum atomic E-state index is -0.301. The fourth-order valence-electron chi connectivity index (χ4n) is 4.61. The number of rotatable bonds is 7. The molecule has 5 nitrogen and oxygen atoms in total. The molecule has 6 heteroatoms. The van der Waals surface area contributed by atoms with Crippen LogP contribution in [0.5, 0.6) is 5.75 Å². The molecular weight excluding hydrogens is 498 g/mol. The zero-order chi connectivity index (χ0) is 26.6. The number of carbonyl (C=O) groups is 1. The maximum absolute atomic E-state index is 13.0. The molecule has 0 atom stereocenters. The Labute approximate surface area is 225 Å². The predicted molar refractivity (Wildman–Crippen MR) is 153 cm³/mol. The van der Waals surface area contributed by atoms with Crippen LogP contribution in [0.1, 0.15) is 12.5 Å². The van der Waals surface area contributed by atoms with Crippen LogP contribution in [-0.2, 0) is 16.0 Å². The van der Waals surface area contributed by atoms with E-state index in [1.807, 2.05) is 84.9 Å². The highest BCUT2D eigenvalue weighted by Crippen LogP contribution is 2.38. The van der Waals surface area contributed by atoms with Gasteiger partial charge in [0.1, 0.15) is 5.75 Å². The van der Waals surface area contributed by atoms with E-state index in [9.17, 15) is 9.59 Å². The highest BCUT2D eigenvalue weighted by Gasteiger charge is 2.14. The van der Waals surface area contributed by atoms with E-state index in [1.54, 1.807) is 20.1 Å². The number of carbonyl (C=O) groups excluding carboxylic acids is 1. The van der Waals surface area contributed by atoms with Crippen molar-refractivity contribution in [2.45, 2.75) is 13.3 Å². The lowest BCUT2D eigenvalue weighted by Crippen LogP contribution is -2.10. The number of esters is 1. The van der Waals surface area contributed by atoms with E-state index in [-0.39, 0.29) is 17.9 Å². The van der Waals surface area contributed by atoms with Crippen molar-refractivity contribution >= 4 is 28.5 Å². The van der Waals surface area contributed by atoms with E-state index in [2.05, 4.69) is 4.98 Å². The van der Waals surface area contributed by atoms with E-state index in [0.717, 1.165) is 44.5 Å². The van der Waals surface area contributed by atoms with Gasteiger partial charge in [-0.15, -0.1) is 0 Å². The molecule has 0 aliphatic heterocycles. The highest BCUT2D eigenvalue weighted by molar-refractivity contribution is 6.34. The average Bonchev–Trinajstić information content (AvgIpc) is 2.93. The van der Waals surface area contributed by atoms with Gasteiger partial charge in [0.25, 0.3) is 5.56 Å². The van der Waals surface area contributed by atoms with E-state index in [4.69, 9.17) is 21.1 Å². The second kappa shape index (κ2) is 11.0. The first kappa shape index (κ1) is 25.3. The molecule has 5 rings (SSSR count). The van der Waals surface area contributed by atoms with Crippen LogP contribution in [0.15, 0.2) is 95.8 Å². The Hall–Kier alpha value is -4.35. The van der Waals surface area contributed by atoms with Crippen LogP contribution in [0.4, 0.5) is 0 Å². The number of aromatic nitrogens is 1. The van der Waals surface area contributed by atoms with Crippen molar-refractivity contribution in [1.82, 2.24) is 4.98 Å². The summed E-state index contributed by atoms with van der Waals surface area (Å²) in [6, 6.07) is 29.0. The summed E-state index contributed by atoms with van der Waals surface area (Å²) in [6.45, 7) is 2.10. The van der Waals surface area contributed by atoms with Gasteiger partial charge in [-0.05, 0) is 58.8 Å². The Morgan fingerprint density at radius 1 is 0.816 bits per heavy atom. The molecule has 0 aliphatic carbocycles. The van der Waals surface area contributed by atoms with Crippen molar-refractivity contribution < 1.29 is 14.3 Å². The third-order valence-corrected chi connectivity index (χ3v) is 6.73. The van der Waals surface area contributed by atoms with E-state index >= 15 is 0 Å². The van der Waals surface area contributed by atoms with Gasteiger partial charge < -0.3 is 14.5 Å². The molecule has 0 bridgehead atoms. The molecule has 1 aromatic heterocycles. The van der Waals surface area contributed by atoms with Crippen molar-refractivity contribution in [1.29, 1.82) is 0 Å². The van der Waals surface area contributed by atoms with Crippen LogP contribution in [0.2, 0.25) is 5.02 Å². The summed E-state index contributed by atoms with van der Waals surface area (Å²) in [7, 11) is 1.65. The molecule has 0 unspecified atom stereocenters. The smallest absolute Gasteiger partial charge is 0.310 e. The molecule has 1 heterocycles. The number of halogens is 1. The molecule has 38 heavy (non-hydrogen) atoms. The summed E-state index contributed by atoms with van der Waals surface area (Å²) in [4.78, 5) is 27.9. The minimum Gasteiger partial charge on any atom is -0.496 e. The van der Waals surface area contributed by atoms with Crippen molar-refractivity contribution in [2.24, 2.45) is 0 Å². The number of aromatic amines is 1. The van der Waals surface area contributed by atoms with Gasteiger partial charge in [0, 0.05) is 22.2 Å². The zero-order valence-electron chi connectivity index (χ0n) is 21.1. The molecule has 0 spiro atoms. The third-order valence-electron chi connectivity index (χ3n) is 6.42. The molecule has 1 N–H and O–H groups in total. The lowest BCUT2D eigenvalue weighted by molar-refractivity contribution is -0.142. The SMILES string of the molecule is CCOC(=O)Cc1cccc(-c2cc3cc(-c4ccc(-c5ccccc5)c(OC)c4)c(Cl)cc3[nH]c2=O)c1. The van der Waals surface area contributed by atoms with Crippen LogP contribution in [0.3, 0.4) is 0 Å². The van der Waals surface area contributed by atoms with E-state index in [0.29, 0.717) is 22.7 Å². The quantitative estimate of drug-likeness (QED) is 0.227. The topological polar surface area (TPSA) is 68.4 Å². The van der Waals surface area contributed by atoms with Gasteiger partial charge in [-0.2, -0.15) is 0 Å². The number of pyridine rings is 1.